The van der Waals surface area contributed by atoms with Gasteiger partial charge in [0.25, 0.3) is 5.91 Å². The maximum absolute atomic E-state index is 12.6. The van der Waals surface area contributed by atoms with Crippen LogP contribution in [0.4, 0.5) is 0 Å². The topological polar surface area (TPSA) is 62.5 Å². The van der Waals surface area contributed by atoms with Crippen molar-refractivity contribution in [1.29, 1.82) is 0 Å². The molecule has 1 aliphatic heterocycles. The molecule has 1 atom stereocenters. The summed E-state index contributed by atoms with van der Waals surface area (Å²) in [6.07, 6.45) is 6.82. The van der Waals surface area contributed by atoms with Crippen LogP contribution in [0.15, 0.2) is 60.4 Å². The summed E-state index contributed by atoms with van der Waals surface area (Å²) >= 11 is 1.47. The molecule has 0 aliphatic carbocycles. The van der Waals surface area contributed by atoms with Crippen molar-refractivity contribution < 1.29 is 4.79 Å². The van der Waals surface area contributed by atoms with E-state index in [0.29, 0.717) is 5.92 Å². The van der Waals surface area contributed by atoms with Gasteiger partial charge in [0.1, 0.15) is 0 Å². The number of fused-ring (bicyclic) bond motifs is 1. The van der Waals surface area contributed by atoms with Crippen LogP contribution in [-0.4, -0.2) is 51.6 Å². The molecule has 1 amide bonds. The van der Waals surface area contributed by atoms with E-state index in [-0.39, 0.29) is 5.91 Å². The zero-order valence-electron chi connectivity index (χ0n) is 17.5. The fourth-order valence-electron chi connectivity index (χ4n) is 4.14. The molecule has 1 fully saturated rings. The van der Waals surface area contributed by atoms with E-state index in [9.17, 15) is 4.79 Å². The van der Waals surface area contributed by atoms with Gasteiger partial charge in [-0.25, -0.2) is 9.50 Å². The van der Waals surface area contributed by atoms with Crippen molar-refractivity contribution in [1.82, 2.24) is 24.8 Å². The van der Waals surface area contributed by atoms with Crippen molar-refractivity contribution in [3.63, 3.8) is 0 Å². The first-order valence-corrected chi connectivity index (χ1v) is 11.6. The molecule has 0 radical (unpaired) electrons. The fraction of sp³-hybridized carbons (Fsp3) is 0.292. The van der Waals surface area contributed by atoms with Gasteiger partial charge in [-0.1, -0.05) is 37.3 Å². The zero-order valence-corrected chi connectivity index (χ0v) is 18.3. The number of thiophene rings is 1. The second-order valence-electron chi connectivity index (χ2n) is 7.99. The summed E-state index contributed by atoms with van der Waals surface area (Å²) in [6, 6.07) is 12.1. The largest absolute Gasteiger partial charge is 0.351 e. The summed E-state index contributed by atoms with van der Waals surface area (Å²) < 4.78 is 1.80. The summed E-state index contributed by atoms with van der Waals surface area (Å²) in [4.78, 5) is 20.4. The Morgan fingerprint density at radius 2 is 2.06 bits per heavy atom. The Kier molecular flexibility index (Phi) is 5.53. The molecule has 1 aliphatic rings. The minimum absolute atomic E-state index is 0.00527. The molecule has 1 saturated heterocycles. The number of nitrogens with one attached hydrogen (secondary N) is 1. The molecule has 4 heterocycles. The number of benzene rings is 1. The van der Waals surface area contributed by atoms with E-state index in [0.717, 1.165) is 65.4 Å². The molecule has 1 aromatic carbocycles. The molecule has 3 aromatic heterocycles. The lowest BCUT2D eigenvalue weighted by atomic mass is 10.1. The van der Waals surface area contributed by atoms with Gasteiger partial charge in [-0.2, -0.15) is 5.10 Å². The van der Waals surface area contributed by atoms with Crippen LogP contribution < -0.4 is 5.32 Å². The molecule has 4 aromatic rings. The summed E-state index contributed by atoms with van der Waals surface area (Å²) in [6.45, 7) is 6.22. The number of carbonyl (C=O) groups is 1. The van der Waals surface area contributed by atoms with E-state index in [1.807, 2.05) is 48.2 Å². The molecule has 6 nitrogen and oxygen atoms in total. The van der Waals surface area contributed by atoms with Crippen LogP contribution in [0.3, 0.4) is 0 Å². The van der Waals surface area contributed by atoms with Gasteiger partial charge >= 0.3 is 0 Å². The first-order chi connectivity index (χ1) is 15.2. The van der Waals surface area contributed by atoms with E-state index in [4.69, 9.17) is 0 Å². The van der Waals surface area contributed by atoms with Crippen molar-refractivity contribution in [2.24, 2.45) is 5.92 Å². The standard InChI is InChI=1S/C24H25N5OS/c1-2-28-9-8-17(14-28)11-26-24(30)22-10-19(16-31-22)20-12-25-23-21(13-27-29(23)15-20)18-6-4-3-5-7-18/h3-7,10,12-13,15-17H,2,8-9,11,14H2,1H3,(H,26,30). The molecule has 0 spiro atoms. The Morgan fingerprint density at radius 3 is 2.87 bits per heavy atom. The average molecular weight is 432 g/mol. The number of aromatic nitrogens is 3. The van der Waals surface area contributed by atoms with Gasteiger partial charge in [-0.3, -0.25) is 4.79 Å². The number of amides is 1. The number of carbonyl (C=O) groups excluding carboxylic acids is 1. The molecular weight excluding hydrogens is 406 g/mol. The van der Waals surface area contributed by atoms with Gasteiger partial charge in [0.2, 0.25) is 0 Å². The molecule has 1 N–H and O–H groups in total. The third kappa shape index (κ3) is 4.11. The second-order valence-corrected chi connectivity index (χ2v) is 8.90. The zero-order chi connectivity index (χ0) is 21.2. The predicted molar refractivity (Wildman–Crippen MR) is 124 cm³/mol. The SMILES string of the molecule is CCN1CCC(CNC(=O)c2cc(-c3cnc4c(-c5ccccc5)cnn4c3)cs2)C1. The molecule has 1 unspecified atom stereocenters. The Bertz CT molecular complexity index is 1200. The normalized spacial score (nSPS) is 16.7. The number of nitrogens with zero attached hydrogens (tertiary/aromatic N) is 4. The van der Waals surface area contributed by atoms with E-state index in [1.165, 1.54) is 11.3 Å². The van der Waals surface area contributed by atoms with Gasteiger partial charge in [0.05, 0.1) is 11.1 Å². The van der Waals surface area contributed by atoms with E-state index in [1.54, 1.807) is 4.52 Å². The van der Waals surface area contributed by atoms with Crippen molar-refractivity contribution in [2.45, 2.75) is 13.3 Å². The molecule has 158 valence electrons. The van der Waals surface area contributed by atoms with Gasteiger partial charge in [0.15, 0.2) is 5.65 Å². The third-order valence-corrected chi connectivity index (χ3v) is 6.90. The smallest absolute Gasteiger partial charge is 0.261 e. The van der Waals surface area contributed by atoms with Crippen LogP contribution >= 0.6 is 11.3 Å². The molecule has 31 heavy (non-hydrogen) atoms. The first kappa shape index (κ1) is 19.9. The molecule has 5 rings (SSSR count). The highest BCUT2D eigenvalue weighted by atomic mass is 32.1. The minimum Gasteiger partial charge on any atom is -0.351 e. The van der Waals surface area contributed by atoms with Gasteiger partial charge in [0, 0.05) is 36.6 Å². The van der Waals surface area contributed by atoms with Crippen LogP contribution in [-0.2, 0) is 0 Å². The summed E-state index contributed by atoms with van der Waals surface area (Å²) in [5, 5.41) is 9.60. The van der Waals surface area contributed by atoms with E-state index >= 15 is 0 Å². The molecule has 0 bridgehead atoms. The van der Waals surface area contributed by atoms with Crippen LogP contribution in [0.1, 0.15) is 23.0 Å². The van der Waals surface area contributed by atoms with E-state index < -0.39 is 0 Å². The molecule has 7 heteroatoms. The minimum atomic E-state index is 0.00527. The van der Waals surface area contributed by atoms with Crippen LogP contribution in [0.2, 0.25) is 0 Å². The van der Waals surface area contributed by atoms with Crippen LogP contribution in [0.25, 0.3) is 27.9 Å². The number of rotatable bonds is 6. The maximum Gasteiger partial charge on any atom is 0.261 e. The lowest BCUT2D eigenvalue weighted by Crippen LogP contribution is -2.30. The summed E-state index contributed by atoms with van der Waals surface area (Å²) in [7, 11) is 0. The quantitative estimate of drug-likeness (QED) is 0.497. The Morgan fingerprint density at radius 1 is 1.19 bits per heavy atom. The Labute approximate surface area is 185 Å². The van der Waals surface area contributed by atoms with Gasteiger partial charge in [-0.15, -0.1) is 11.3 Å². The van der Waals surface area contributed by atoms with Crippen LogP contribution in [0, 0.1) is 5.92 Å². The predicted octanol–water partition coefficient (Wildman–Crippen LogP) is 4.20. The highest BCUT2D eigenvalue weighted by molar-refractivity contribution is 7.12. The van der Waals surface area contributed by atoms with Crippen molar-refractivity contribution in [2.75, 3.05) is 26.2 Å². The summed E-state index contributed by atoms with van der Waals surface area (Å²) in [5.41, 5.74) is 4.85. The first-order valence-electron chi connectivity index (χ1n) is 10.7. The lowest BCUT2D eigenvalue weighted by molar-refractivity contribution is 0.0951. The fourth-order valence-corrected chi connectivity index (χ4v) is 4.97. The van der Waals surface area contributed by atoms with Crippen molar-refractivity contribution in [3.8, 4) is 22.3 Å². The van der Waals surface area contributed by atoms with Crippen molar-refractivity contribution >= 4 is 22.9 Å². The van der Waals surface area contributed by atoms with Crippen molar-refractivity contribution in [3.05, 3.63) is 65.2 Å². The summed E-state index contributed by atoms with van der Waals surface area (Å²) in [5.74, 6) is 0.555. The molecular formula is C24H25N5OS. The number of hydrogen-bond acceptors (Lipinski definition) is 5. The highest BCUT2D eigenvalue weighted by Gasteiger charge is 2.22. The maximum atomic E-state index is 12.6. The van der Waals surface area contributed by atoms with Gasteiger partial charge in [-0.05, 0) is 48.0 Å². The molecule has 0 saturated carbocycles. The Balaban J connectivity index is 1.29. The Hall–Kier alpha value is -3.03. The third-order valence-electron chi connectivity index (χ3n) is 5.97. The monoisotopic (exact) mass is 431 g/mol. The van der Waals surface area contributed by atoms with Crippen LogP contribution in [0.5, 0.6) is 0 Å². The van der Waals surface area contributed by atoms with E-state index in [2.05, 4.69) is 39.4 Å². The average Bonchev–Trinajstić information content (AvgIpc) is 3.57. The highest BCUT2D eigenvalue weighted by Crippen LogP contribution is 2.28. The lowest BCUT2D eigenvalue weighted by Gasteiger charge is -2.13. The second kappa shape index (κ2) is 8.61. The number of hydrogen-bond donors (Lipinski definition) is 1. The number of likely N-dealkylation sites (tertiary alicyclic amines) is 1. The van der Waals surface area contributed by atoms with Gasteiger partial charge < -0.3 is 10.2 Å².